The van der Waals surface area contributed by atoms with Crippen LogP contribution in [0.4, 0.5) is 0 Å². The van der Waals surface area contributed by atoms with Crippen molar-refractivity contribution in [2.24, 2.45) is 5.92 Å². The van der Waals surface area contributed by atoms with Crippen LogP contribution in [-0.2, 0) is 14.4 Å². The molecule has 2 N–H and O–H groups in total. The SMILES string of the molecule is CC(=O)N1CCC(C(=O)N[C@@H](CC(=O)O)c2cccc(Br)c2)CC1. The summed E-state index contributed by atoms with van der Waals surface area (Å²) in [5.74, 6) is -1.29. The molecule has 0 aromatic heterocycles. The molecule has 1 aliphatic heterocycles. The lowest BCUT2D eigenvalue weighted by molar-refractivity contribution is -0.138. The Hall–Kier alpha value is -1.89. The first kappa shape index (κ1) is 18.4. The molecule has 2 amide bonds. The van der Waals surface area contributed by atoms with Crippen molar-refractivity contribution in [2.45, 2.75) is 32.2 Å². The number of nitrogens with one attached hydrogen (secondary N) is 1. The number of aliphatic carboxylic acids is 1. The van der Waals surface area contributed by atoms with E-state index in [-0.39, 0.29) is 24.2 Å². The Morgan fingerprint density at radius 1 is 1.33 bits per heavy atom. The van der Waals surface area contributed by atoms with Gasteiger partial charge in [-0.1, -0.05) is 28.1 Å². The van der Waals surface area contributed by atoms with E-state index >= 15 is 0 Å². The van der Waals surface area contributed by atoms with Crippen molar-refractivity contribution >= 4 is 33.7 Å². The van der Waals surface area contributed by atoms with Crippen LogP contribution in [0.3, 0.4) is 0 Å². The minimum Gasteiger partial charge on any atom is -0.481 e. The number of hydrogen-bond acceptors (Lipinski definition) is 3. The van der Waals surface area contributed by atoms with Gasteiger partial charge in [0.15, 0.2) is 0 Å². The monoisotopic (exact) mass is 396 g/mol. The van der Waals surface area contributed by atoms with Gasteiger partial charge in [-0.3, -0.25) is 14.4 Å². The van der Waals surface area contributed by atoms with E-state index in [1.807, 2.05) is 18.2 Å². The van der Waals surface area contributed by atoms with Crippen LogP contribution in [0.25, 0.3) is 0 Å². The Morgan fingerprint density at radius 2 is 2.00 bits per heavy atom. The highest BCUT2D eigenvalue weighted by atomic mass is 79.9. The van der Waals surface area contributed by atoms with Crippen molar-refractivity contribution in [2.75, 3.05) is 13.1 Å². The van der Waals surface area contributed by atoms with E-state index in [9.17, 15) is 14.4 Å². The van der Waals surface area contributed by atoms with E-state index in [4.69, 9.17) is 5.11 Å². The lowest BCUT2D eigenvalue weighted by Gasteiger charge is -2.31. The fourth-order valence-electron chi connectivity index (χ4n) is 2.90. The zero-order valence-electron chi connectivity index (χ0n) is 13.5. The Morgan fingerprint density at radius 3 is 2.54 bits per heavy atom. The molecule has 0 spiro atoms. The van der Waals surface area contributed by atoms with Crippen molar-refractivity contribution in [3.8, 4) is 0 Å². The molecule has 130 valence electrons. The Kier molecular flexibility index (Phi) is 6.36. The zero-order valence-corrected chi connectivity index (χ0v) is 15.1. The van der Waals surface area contributed by atoms with Crippen LogP contribution in [-0.4, -0.2) is 40.9 Å². The number of likely N-dealkylation sites (tertiary alicyclic amines) is 1. The molecule has 6 nitrogen and oxygen atoms in total. The standard InChI is InChI=1S/C17H21BrN2O4/c1-11(21)20-7-5-12(6-8-20)17(24)19-15(10-16(22)23)13-3-2-4-14(18)9-13/h2-4,9,12,15H,5-8,10H2,1H3,(H,19,24)(H,22,23)/t15-/m0/s1. The summed E-state index contributed by atoms with van der Waals surface area (Å²) in [5, 5.41) is 12.0. The van der Waals surface area contributed by atoms with E-state index in [1.54, 1.807) is 11.0 Å². The normalized spacial score (nSPS) is 16.5. The minimum absolute atomic E-state index is 0.0201. The molecule has 1 aromatic rings. The molecule has 1 aromatic carbocycles. The molecule has 1 saturated heterocycles. The Balaban J connectivity index is 2.03. The highest BCUT2D eigenvalue weighted by Gasteiger charge is 2.28. The largest absolute Gasteiger partial charge is 0.481 e. The Labute approximate surface area is 149 Å². The van der Waals surface area contributed by atoms with Crippen molar-refractivity contribution < 1.29 is 19.5 Å². The summed E-state index contributed by atoms with van der Waals surface area (Å²) in [6.07, 6.45) is 1.03. The molecule has 1 fully saturated rings. The molecule has 2 rings (SSSR count). The number of carboxylic acid groups (broad SMARTS) is 1. The molecule has 1 aliphatic rings. The highest BCUT2D eigenvalue weighted by molar-refractivity contribution is 9.10. The predicted octanol–water partition coefficient (Wildman–Crippen LogP) is 2.34. The molecule has 0 saturated carbocycles. The van der Waals surface area contributed by atoms with Crippen molar-refractivity contribution in [3.05, 3.63) is 34.3 Å². The first-order chi connectivity index (χ1) is 11.4. The van der Waals surface area contributed by atoms with Crippen LogP contribution < -0.4 is 5.32 Å². The molecular formula is C17H21BrN2O4. The van der Waals surface area contributed by atoms with Gasteiger partial charge in [-0.15, -0.1) is 0 Å². The van der Waals surface area contributed by atoms with Gasteiger partial charge in [0, 0.05) is 30.4 Å². The first-order valence-electron chi connectivity index (χ1n) is 7.90. The fourth-order valence-corrected chi connectivity index (χ4v) is 3.31. The van der Waals surface area contributed by atoms with E-state index in [0.29, 0.717) is 25.9 Å². The van der Waals surface area contributed by atoms with Gasteiger partial charge in [0.25, 0.3) is 0 Å². The number of carbonyl (C=O) groups excluding carboxylic acids is 2. The molecule has 0 radical (unpaired) electrons. The quantitative estimate of drug-likeness (QED) is 0.799. The van der Waals surface area contributed by atoms with Crippen LogP contribution in [0.2, 0.25) is 0 Å². The maximum atomic E-state index is 12.5. The molecule has 7 heteroatoms. The van der Waals surface area contributed by atoms with Gasteiger partial charge in [0.05, 0.1) is 12.5 Å². The van der Waals surface area contributed by atoms with Crippen LogP contribution >= 0.6 is 15.9 Å². The molecule has 1 atom stereocenters. The number of amides is 2. The smallest absolute Gasteiger partial charge is 0.305 e. The van der Waals surface area contributed by atoms with Crippen LogP contribution in [0.5, 0.6) is 0 Å². The summed E-state index contributed by atoms with van der Waals surface area (Å²) in [4.78, 5) is 36.7. The topological polar surface area (TPSA) is 86.7 Å². The Bertz CT molecular complexity index is 627. The number of piperidine rings is 1. The van der Waals surface area contributed by atoms with Crippen LogP contribution in [0.15, 0.2) is 28.7 Å². The number of nitrogens with zero attached hydrogens (tertiary/aromatic N) is 1. The fraction of sp³-hybridized carbons (Fsp3) is 0.471. The van der Waals surface area contributed by atoms with Gasteiger partial charge in [0.1, 0.15) is 0 Å². The summed E-state index contributed by atoms with van der Waals surface area (Å²) in [6.45, 7) is 2.65. The van der Waals surface area contributed by atoms with Gasteiger partial charge < -0.3 is 15.3 Å². The maximum absolute atomic E-state index is 12.5. The number of carboxylic acids is 1. The molecule has 0 aliphatic carbocycles. The van der Waals surface area contributed by atoms with Crippen LogP contribution in [0, 0.1) is 5.92 Å². The lowest BCUT2D eigenvalue weighted by atomic mass is 9.94. The van der Waals surface area contributed by atoms with Crippen molar-refractivity contribution in [1.29, 1.82) is 0 Å². The predicted molar refractivity (Wildman–Crippen MR) is 92.3 cm³/mol. The van der Waals surface area contributed by atoms with Crippen molar-refractivity contribution in [1.82, 2.24) is 10.2 Å². The average molecular weight is 397 g/mol. The van der Waals surface area contributed by atoms with E-state index < -0.39 is 12.0 Å². The highest BCUT2D eigenvalue weighted by Crippen LogP contribution is 2.23. The van der Waals surface area contributed by atoms with E-state index in [2.05, 4.69) is 21.2 Å². The third kappa shape index (κ3) is 5.06. The molecular weight excluding hydrogens is 376 g/mol. The summed E-state index contributed by atoms with van der Waals surface area (Å²) >= 11 is 3.36. The second-order valence-electron chi connectivity index (χ2n) is 5.99. The molecule has 0 unspecified atom stereocenters. The second kappa shape index (κ2) is 8.28. The minimum atomic E-state index is -0.966. The molecule has 1 heterocycles. The number of carbonyl (C=O) groups is 3. The average Bonchev–Trinajstić information content (AvgIpc) is 2.53. The van der Waals surface area contributed by atoms with Gasteiger partial charge in [-0.2, -0.15) is 0 Å². The van der Waals surface area contributed by atoms with E-state index in [0.717, 1.165) is 10.0 Å². The molecule has 24 heavy (non-hydrogen) atoms. The number of rotatable bonds is 5. The number of hydrogen-bond donors (Lipinski definition) is 2. The summed E-state index contributed by atoms with van der Waals surface area (Å²) in [5.41, 5.74) is 0.751. The van der Waals surface area contributed by atoms with Gasteiger partial charge in [0.2, 0.25) is 11.8 Å². The second-order valence-corrected chi connectivity index (χ2v) is 6.91. The lowest BCUT2D eigenvalue weighted by Crippen LogP contribution is -2.43. The number of halogens is 1. The third-order valence-electron chi connectivity index (χ3n) is 4.26. The third-order valence-corrected chi connectivity index (χ3v) is 4.75. The van der Waals surface area contributed by atoms with E-state index in [1.165, 1.54) is 6.92 Å². The van der Waals surface area contributed by atoms with Gasteiger partial charge >= 0.3 is 5.97 Å². The molecule has 0 bridgehead atoms. The first-order valence-corrected chi connectivity index (χ1v) is 8.69. The van der Waals surface area contributed by atoms with Gasteiger partial charge in [-0.25, -0.2) is 0 Å². The van der Waals surface area contributed by atoms with Crippen molar-refractivity contribution in [3.63, 3.8) is 0 Å². The summed E-state index contributed by atoms with van der Waals surface area (Å²) in [7, 11) is 0. The zero-order chi connectivity index (χ0) is 17.7. The van der Waals surface area contributed by atoms with Crippen LogP contribution in [0.1, 0.15) is 37.8 Å². The van der Waals surface area contributed by atoms with Gasteiger partial charge in [-0.05, 0) is 30.5 Å². The maximum Gasteiger partial charge on any atom is 0.305 e. The summed E-state index contributed by atoms with van der Waals surface area (Å²) in [6, 6.07) is 6.70. The summed E-state index contributed by atoms with van der Waals surface area (Å²) < 4.78 is 0.833. The number of benzene rings is 1.